The molecule has 10 heteroatoms. The molecule has 0 unspecified atom stereocenters. The van der Waals surface area contributed by atoms with Crippen LogP contribution in [0, 0.1) is 12.8 Å². The molecule has 1 aliphatic rings. The first kappa shape index (κ1) is 25.1. The number of ether oxygens (including phenoxy) is 1. The lowest BCUT2D eigenvalue weighted by molar-refractivity contribution is -0.125. The molecule has 192 valence electrons. The summed E-state index contributed by atoms with van der Waals surface area (Å²) in [5.74, 6) is -0.0456. The second kappa shape index (κ2) is 10.5. The molecule has 4 aromatic rings. The van der Waals surface area contributed by atoms with Gasteiger partial charge >= 0.3 is 0 Å². The minimum absolute atomic E-state index is 0.156. The van der Waals surface area contributed by atoms with E-state index in [2.05, 4.69) is 15.4 Å². The van der Waals surface area contributed by atoms with Crippen molar-refractivity contribution in [3.8, 4) is 17.0 Å². The standard InChI is InChI=1S/C27H28ClN5O4/c1-15-8-19(22-6-7-31-33(22)2)18-4-3-5-25(26(18)32-15)37-14-20-17(11-29-13-21(20)28)12-30-27(36)16-9-23(34)24(35)10-16/h3-8,11,13,16,23-24,34-35H,9-10,12,14H2,1-2H3,(H,30,36)/t23-,24-/m1/s1. The summed E-state index contributed by atoms with van der Waals surface area (Å²) in [5.41, 5.74) is 5.01. The van der Waals surface area contributed by atoms with Crippen LogP contribution in [0.5, 0.6) is 5.75 Å². The average Bonchev–Trinajstić information content (AvgIpc) is 3.46. The summed E-state index contributed by atoms with van der Waals surface area (Å²) in [6.45, 7) is 2.30. The van der Waals surface area contributed by atoms with Gasteiger partial charge < -0.3 is 20.3 Å². The van der Waals surface area contributed by atoms with E-state index in [1.165, 1.54) is 0 Å². The molecule has 1 aliphatic carbocycles. The Labute approximate surface area is 219 Å². The van der Waals surface area contributed by atoms with Gasteiger partial charge in [0.05, 0.1) is 22.9 Å². The van der Waals surface area contributed by atoms with Gasteiger partial charge in [-0.2, -0.15) is 5.10 Å². The third-order valence-corrected chi connectivity index (χ3v) is 7.14. The predicted molar refractivity (Wildman–Crippen MR) is 139 cm³/mol. The van der Waals surface area contributed by atoms with Crippen molar-refractivity contribution in [3.05, 3.63) is 70.8 Å². The maximum atomic E-state index is 12.6. The van der Waals surface area contributed by atoms with Gasteiger partial charge in [-0.25, -0.2) is 4.98 Å². The first-order valence-electron chi connectivity index (χ1n) is 12.1. The third-order valence-electron chi connectivity index (χ3n) is 6.81. The molecule has 9 nitrogen and oxygen atoms in total. The van der Waals surface area contributed by atoms with Crippen molar-refractivity contribution < 1.29 is 19.7 Å². The molecule has 37 heavy (non-hydrogen) atoms. The third kappa shape index (κ3) is 5.16. The van der Waals surface area contributed by atoms with Crippen LogP contribution in [0.2, 0.25) is 5.02 Å². The van der Waals surface area contributed by atoms with Crippen molar-refractivity contribution in [3.63, 3.8) is 0 Å². The molecule has 2 atom stereocenters. The highest BCUT2D eigenvalue weighted by Crippen LogP contribution is 2.34. The molecule has 1 aromatic carbocycles. The number of hydrogen-bond acceptors (Lipinski definition) is 7. The predicted octanol–water partition coefficient (Wildman–Crippen LogP) is 3.32. The van der Waals surface area contributed by atoms with E-state index in [4.69, 9.17) is 21.3 Å². The number of halogens is 1. The highest BCUT2D eigenvalue weighted by atomic mass is 35.5. The normalized spacial score (nSPS) is 17.9. The second-order valence-corrected chi connectivity index (χ2v) is 9.78. The fraction of sp³-hybridized carbons (Fsp3) is 0.333. The molecule has 3 aromatic heterocycles. The Morgan fingerprint density at radius 2 is 2.00 bits per heavy atom. The van der Waals surface area contributed by atoms with Crippen LogP contribution in [-0.4, -0.2) is 48.1 Å². The maximum Gasteiger partial charge on any atom is 0.223 e. The van der Waals surface area contributed by atoms with Gasteiger partial charge in [0.1, 0.15) is 17.9 Å². The zero-order valence-electron chi connectivity index (χ0n) is 20.6. The Morgan fingerprint density at radius 1 is 1.22 bits per heavy atom. The lowest BCUT2D eigenvalue weighted by Crippen LogP contribution is -2.30. The number of hydrogen-bond donors (Lipinski definition) is 3. The SMILES string of the molecule is Cc1cc(-c2ccnn2C)c2cccc(OCc3c(Cl)cncc3CNC(=O)C3C[C@@H](O)[C@H](O)C3)c2n1. The Hall–Kier alpha value is -3.53. The quantitative estimate of drug-likeness (QED) is 0.341. The summed E-state index contributed by atoms with van der Waals surface area (Å²) >= 11 is 6.48. The van der Waals surface area contributed by atoms with E-state index in [0.717, 1.165) is 33.4 Å². The first-order valence-corrected chi connectivity index (χ1v) is 12.5. The molecule has 1 amide bonds. The van der Waals surface area contributed by atoms with Crippen LogP contribution in [0.15, 0.2) is 48.9 Å². The smallest absolute Gasteiger partial charge is 0.223 e. The Balaban J connectivity index is 1.37. The number of nitrogens with one attached hydrogen (secondary N) is 1. The zero-order valence-corrected chi connectivity index (χ0v) is 21.3. The van der Waals surface area contributed by atoms with Crippen LogP contribution in [-0.2, 0) is 25.0 Å². The van der Waals surface area contributed by atoms with Crippen LogP contribution < -0.4 is 10.1 Å². The van der Waals surface area contributed by atoms with Gasteiger partial charge in [-0.15, -0.1) is 0 Å². The Bertz CT molecular complexity index is 1450. The minimum atomic E-state index is -0.871. The molecular weight excluding hydrogens is 494 g/mol. The summed E-state index contributed by atoms with van der Waals surface area (Å²) in [5, 5.41) is 28.1. The number of nitrogens with zero attached hydrogens (tertiary/aromatic N) is 4. The van der Waals surface area contributed by atoms with E-state index in [1.807, 2.05) is 49.0 Å². The van der Waals surface area contributed by atoms with Crippen molar-refractivity contribution in [2.45, 2.75) is 45.1 Å². The van der Waals surface area contributed by atoms with Crippen LogP contribution in [0.25, 0.3) is 22.2 Å². The van der Waals surface area contributed by atoms with Crippen LogP contribution in [0.4, 0.5) is 0 Å². The van der Waals surface area contributed by atoms with E-state index < -0.39 is 18.1 Å². The van der Waals surface area contributed by atoms with E-state index >= 15 is 0 Å². The minimum Gasteiger partial charge on any atom is -0.487 e. The monoisotopic (exact) mass is 521 g/mol. The van der Waals surface area contributed by atoms with E-state index in [9.17, 15) is 15.0 Å². The molecule has 3 heterocycles. The number of aliphatic hydroxyl groups is 2. The summed E-state index contributed by atoms with van der Waals surface area (Å²) < 4.78 is 8.07. The maximum absolute atomic E-state index is 12.6. The molecule has 0 spiro atoms. The number of rotatable bonds is 7. The fourth-order valence-corrected chi connectivity index (χ4v) is 5.05. The summed E-state index contributed by atoms with van der Waals surface area (Å²) in [6, 6.07) is 9.80. The topological polar surface area (TPSA) is 122 Å². The van der Waals surface area contributed by atoms with Crippen LogP contribution >= 0.6 is 11.6 Å². The molecule has 3 N–H and O–H groups in total. The van der Waals surface area contributed by atoms with Crippen LogP contribution in [0.1, 0.15) is 29.7 Å². The second-order valence-electron chi connectivity index (χ2n) is 9.37. The number of aromatic nitrogens is 4. The van der Waals surface area contributed by atoms with Crippen molar-refractivity contribution in [2.75, 3.05) is 0 Å². The molecule has 0 saturated heterocycles. The van der Waals surface area contributed by atoms with Gasteiger partial charge in [-0.05, 0) is 43.5 Å². The number of pyridine rings is 2. The summed E-state index contributed by atoms with van der Waals surface area (Å²) in [6.07, 6.45) is 3.69. The van der Waals surface area contributed by atoms with Gasteiger partial charge in [0.15, 0.2) is 0 Å². The number of aryl methyl sites for hydroxylation is 2. The lowest BCUT2D eigenvalue weighted by Gasteiger charge is -2.16. The highest BCUT2D eigenvalue weighted by Gasteiger charge is 2.35. The highest BCUT2D eigenvalue weighted by molar-refractivity contribution is 6.31. The molecule has 0 aliphatic heterocycles. The van der Waals surface area contributed by atoms with Crippen molar-refractivity contribution in [1.82, 2.24) is 25.1 Å². The molecule has 1 saturated carbocycles. The molecule has 0 radical (unpaired) electrons. The number of benzene rings is 1. The Morgan fingerprint density at radius 3 is 2.73 bits per heavy atom. The van der Waals surface area contributed by atoms with E-state index in [0.29, 0.717) is 16.3 Å². The Kier molecular flexibility index (Phi) is 7.10. The number of carbonyl (C=O) groups is 1. The van der Waals surface area contributed by atoms with Gasteiger partial charge in [0.25, 0.3) is 0 Å². The molecule has 0 bridgehead atoms. The number of amides is 1. The van der Waals surface area contributed by atoms with Gasteiger partial charge in [0.2, 0.25) is 5.91 Å². The molecule has 1 fully saturated rings. The van der Waals surface area contributed by atoms with Gasteiger partial charge in [-0.1, -0.05) is 23.7 Å². The largest absolute Gasteiger partial charge is 0.487 e. The van der Waals surface area contributed by atoms with Gasteiger partial charge in [0, 0.05) is 60.3 Å². The van der Waals surface area contributed by atoms with Crippen LogP contribution in [0.3, 0.4) is 0 Å². The molecular formula is C27H28ClN5O4. The van der Waals surface area contributed by atoms with E-state index in [-0.39, 0.29) is 31.9 Å². The number of aliphatic hydroxyl groups excluding tert-OH is 2. The average molecular weight is 522 g/mol. The van der Waals surface area contributed by atoms with Gasteiger partial charge in [-0.3, -0.25) is 14.5 Å². The summed E-state index contributed by atoms with van der Waals surface area (Å²) in [4.78, 5) is 21.5. The van der Waals surface area contributed by atoms with Crippen molar-refractivity contribution in [2.24, 2.45) is 13.0 Å². The number of para-hydroxylation sites is 1. The zero-order chi connectivity index (χ0) is 26.1. The number of fused-ring (bicyclic) bond motifs is 1. The van der Waals surface area contributed by atoms with Crippen molar-refractivity contribution in [1.29, 1.82) is 0 Å². The summed E-state index contributed by atoms with van der Waals surface area (Å²) in [7, 11) is 1.90. The molecule has 5 rings (SSSR count). The first-order chi connectivity index (χ1) is 17.8. The van der Waals surface area contributed by atoms with E-state index in [1.54, 1.807) is 18.6 Å². The van der Waals surface area contributed by atoms with Crippen molar-refractivity contribution >= 4 is 28.4 Å². The number of carbonyl (C=O) groups excluding carboxylic acids is 1. The lowest BCUT2D eigenvalue weighted by atomic mass is 10.0. The fourth-order valence-electron chi connectivity index (χ4n) is 4.82.